The van der Waals surface area contributed by atoms with Crippen molar-refractivity contribution in [3.05, 3.63) is 57.8 Å². The Labute approximate surface area is 174 Å². The summed E-state index contributed by atoms with van der Waals surface area (Å²) in [6.45, 7) is 2.81. The summed E-state index contributed by atoms with van der Waals surface area (Å²) < 4.78 is 0. The molecule has 1 saturated heterocycles. The minimum absolute atomic E-state index is 0.0199. The Kier molecular flexibility index (Phi) is 6.66. The fraction of sp³-hybridized carbons (Fsp3) is 0.381. The number of carbonyl (C=O) groups excluding carboxylic acids is 2. The van der Waals surface area contributed by atoms with E-state index in [0.29, 0.717) is 24.4 Å². The van der Waals surface area contributed by atoms with Crippen LogP contribution in [0.3, 0.4) is 0 Å². The number of nitrogens with zero attached hydrogens (tertiary/aromatic N) is 1. The van der Waals surface area contributed by atoms with Gasteiger partial charge in [0.1, 0.15) is 5.84 Å². The quantitative estimate of drug-likeness (QED) is 0.408. The van der Waals surface area contributed by atoms with Crippen molar-refractivity contribution in [2.45, 2.75) is 44.3 Å². The molecule has 0 aliphatic carbocycles. The van der Waals surface area contributed by atoms with Gasteiger partial charge in [-0.05, 0) is 43.4 Å². The Morgan fingerprint density at radius 1 is 1.24 bits per heavy atom. The number of amides is 2. The first-order valence-electron chi connectivity index (χ1n) is 9.67. The molecule has 154 valence electrons. The summed E-state index contributed by atoms with van der Waals surface area (Å²) >= 11 is 1.38. The fourth-order valence-corrected chi connectivity index (χ4v) is 4.65. The van der Waals surface area contributed by atoms with Crippen LogP contribution in [0.2, 0.25) is 0 Å². The van der Waals surface area contributed by atoms with Crippen LogP contribution in [0.5, 0.6) is 0 Å². The van der Waals surface area contributed by atoms with E-state index in [-0.39, 0.29) is 17.7 Å². The van der Waals surface area contributed by atoms with Crippen LogP contribution in [0.15, 0.2) is 42.5 Å². The normalized spacial score (nSPS) is 20.7. The van der Waals surface area contributed by atoms with Crippen LogP contribution in [0, 0.1) is 5.41 Å². The van der Waals surface area contributed by atoms with E-state index in [4.69, 9.17) is 16.9 Å². The maximum Gasteiger partial charge on any atom is 0.237 e. The van der Waals surface area contributed by atoms with Crippen molar-refractivity contribution in [3.8, 4) is 0 Å². The Balaban J connectivity index is 1.62. The third-order valence-corrected chi connectivity index (χ3v) is 6.60. The highest BCUT2D eigenvalue weighted by atomic mass is 32.1. The van der Waals surface area contributed by atoms with E-state index in [0.717, 1.165) is 11.3 Å². The minimum Gasteiger partial charge on any atom is -0.383 e. The van der Waals surface area contributed by atoms with Gasteiger partial charge in [-0.3, -0.25) is 19.9 Å². The summed E-state index contributed by atoms with van der Waals surface area (Å²) in [6, 6.07) is 12.8. The van der Waals surface area contributed by atoms with E-state index < -0.39 is 18.0 Å². The lowest BCUT2D eigenvalue weighted by atomic mass is 9.84. The molecule has 29 heavy (non-hydrogen) atoms. The molecule has 6 N–H and O–H groups in total. The summed E-state index contributed by atoms with van der Waals surface area (Å²) in [7, 11) is 0. The van der Waals surface area contributed by atoms with Gasteiger partial charge >= 0.3 is 0 Å². The third kappa shape index (κ3) is 5.02. The van der Waals surface area contributed by atoms with Crippen molar-refractivity contribution in [2.75, 3.05) is 6.54 Å². The second-order valence-corrected chi connectivity index (χ2v) is 8.53. The van der Waals surface area contributed by atoms with Gasteiger partial charge in [-0.2, -0.15) is 0 Å². The van der Waals surface area contributed by atoms with Gasteiger partial charge in [0.05, 0.1) is 23.5 Å². The number of nitrogens with one attached hydrogen (secondary N) is 2. The summed E-state index contributed by atoms with van der Waals surface area (Å²) in [6.07, 6.45) is 1.49. The van der Waals surface area contributed by atoms with Crippen LogP contribution in [0.4, 0.5) is 0 Å². The second-order valence-electron chi connectivity index (χ2n) is 7.36. The molecule has 8 heteroatoms. The van der Waals surface area contributed by atoms with Crippen LogP contribution in [-0.4, -0.2) is 41.2 Å². The molecule has 0 spiro atoms. The summed E-state index contributed by atoms with van der Waals surface area (Å²) in [5, 5.41) is 10.4. The van der Waals surface area contributed by atoms with Crippen LogP contribution in [-0.2, 0) is 16.1 Å². The van der Waals surface area contributed by atoms with Crippen molar-refractivity contribution in [1.29, 1.82) is 5.41 Å². The molecule has 1 aliphatic heterocycles. The molecular weight excluding hydrogens is 386 g/mol. The molecule has 2 aromatic rings. The van der Waals surface area contributed by atoms with Gasteiger partial charge in [-0.25, -0.2) is 0 Å². The molecule has 1 aliphatic rings. The Morgan fingerprint density at radius 3 is 2.59 bits per heavy atom. The van der Waals surface area contributed by atoms with E-state index in [9.17, 15) is 9.59 Å². The molecule has 0 bridgehead atoms. The molecule has 2 amide bonds. The number of benzene rings is 1. The van der Waals surface area contributed by atoms with Crippen molar-refractivity contribution in [1.82, 2.24) is 10.2 Å². The van der Waals surface area contributed by atoms with E-state index in [2.05, 4.69) is 17.4 Å². The van der Waals surface area contributed by atoms with E-state index >= 15 is 0 Å². The van der Waals surface area contributed by atoms with Gasteiger partial charge in [0, 0.05) is 11.4 Å². The molecule has 3 rings (SSSR count). The highest BCUT2D eigenvalue weighted by Crippen LogP contribution is 2.32. The van der Waals surface area contributed by atoms with Gasteiger partial charge in [0.15, 0.2) is 0 Å². The van der Waals surface area contributed by atoms with E-state index in [1.54, 1.807) is 6.07 Å². The number of rotatable bonds is 7. The zero-order valence-corrected chi connectivity index (χ0v) is 17.2. The smallest absolute Gasteiger partial charge is 0.237 e. The number of carbonyl (C=O) groups is 2. The number of hydrogen-bond acceptors (Lipinski definition) is 5. The molecule has 2 heterocycles. The van der Waals surface area contributed by atoms with E-state index in [1.165, 1.54) is 16.9 Å². The molecule has 1 fully saturated rings. The lowest BCUT2D eigenvalue weighted by Crippen LogP contribution is -2.56. The topological polar surface area (TPSA) is 125 Å². The molecule has 3 atom stereocenters. The maximum absolute atomic E-state index is 12.7. The Bertz CT molecular complexity index is 882. The zero-order valence-electron chi connectivity index (χ0n) is 16.4. The van der Waals surface area contributed by atoms with Crippen molar-refractivity contribution < 1.29 is 9.59 Å². The molecule has 1 aromatic carbocycles. The summed E-state index contributed by atoms with van der Waals surface area (Å²) in [5.74, 6) is -0.260. The van der Waals surface area contributed by atoms with Gasteiger partial charge in [0.2, 0.25) is 11.8 Å². The number of thiophene rings is 1. The van der Waals surface area contributed by atoms with E-state index in [1.807, 2.05) is 36.1 Å². The molecule has 0 saturated carbocycles. The SMILES string of the molecule is C[C@@H](C(=O)NCc1ccc(C(=N)N)s1)N1CCC(c2ccccc2)CC1C(N)=O. The lowest BCUT2D eigenvalue weighted by Gasteiger charge is -2.40. The average molecular weight is 414 g/mol. The number of hydrogen-bond donors (Lipinski definition) is 4. The van der Waals surface area contributed by atoms with Crippen LogP contribution < -0.4 is 16.8 Å². The van der Waals surface area contributed by atoms with Gasteiger partial charge < -0.3 is 16.8 Å². The second kappa shape index (κ2) is 9.19. The number of likely N-dealkylation sites (tertiary alicyclic amines) is 1. The third-order valence-electron chi connectivity index (χ3n) is 5.48. The first-order valence-corrected chi connectivity index (χ1v) is 10.5. The summed E-state index contributed by atoms with van der Waals surface area (Å²) in [5.41, 5.74) is 12.4. The predicted molar refractivity (Wildman–Crippen MR) is 115 cm³/mol. The van der Waals surface area contributed by atoms with Crippen LogP contribution >= 0.6 is 11.3 Å². The first-order chi connectivity index (χ1) is 13.9. The predicted octanol–water partition coefficient (Wildman–Crippen LogP) is 1.77. The fourth-order valence-electron chi connectivity index (χ4n) is 3.84. The van der Waals surface area contributed by atoms with Crippen molar-refractivity contribution >= 4 is 29.0 Å². The largest absolute Gasteiger partial charge is 0.383 e. The number of piperidine rings is 1. The Morgan fingerprint density at radius 2 is 1.97 bits per heavy atom. The molecule has 2 unspecified atom stereocenters. The molecule has 7 nitrogen and oxygen atoms in total. The van der Waals surface area contributed by atoms with Crippen LogP contribution in [0.1, 0.15) is 41.0 Å². The number of nitrogens with two attached hydrogens (primary N) is 2. The maximum atomic E-state index is 12.7. The highest BCUT2D eigenvalue weighted by Gasteiger charge is 2.37. The Hall–Kier alpha value is -2.71. The minimum atomic E-state index is -0.472. The first kappa shape index (κ1) is 21.0. The van der Waals surface area contributed by atoms with Gasteiger partial charge in [-0.15, -0.1) is 11.3 Å². The van der Waals surface area contributed by atoms with Crippen molar-refractivity contribution in [3.63, 3.8) is 0 Å². The van der Waals surface area contributed by atoms with Gasteiger partial charge in [-0.1, -0.05) is 30.3 Å². The van der Waals surface area contributed by atoms with Crippen molar-refractivity contribution in [2.24, 2.45) is 11.5 Å². The zero-order chi connectivity index (χ0) is 21.0. The highest BCUT2D eigenvalue weighted by molar-refractivity contribution is 7.14. The lowest BCUT2D eigenvalue weighted by molar-refractivity contribution is -0.132. The average Bonchev–Trinajstić information content (AvgIpc) is 3.21. The number of primary amides is 1. The number of amidine groups is 1. The summed E-state index contributed by atoms with van der Waals surface area (Å²) in [4.78, 5) is 28.4. The molecular formula is C21H27N5O2S. The monoisotopic (exact) mass is 413 g/mol. The standard InChI is InChI=1S/C21H27N5O2S/c1-13(21(28)25-12-16-7-8-18(29-16)19(22)23)26-10-9-15(11-17(26)20(24)27)14-5-3-2-4-6-14/h2-8,13,15,17H,9-12H2,1H3,(H3,22,23)(H2,24,27)(H,25,28)/t13-,15?,17?/m0/s1. The van der Waals surface area contributed by atoms with Crippen LogP contribution in [0.25, 0.3) is 0 Å². The van der Waals surface area contributed by atoms with Gasteiger partial charge in [0.25, 0.3) is 0 Å². The number of nitrogen functional groups attached to an aromatic ring is 1. The molecule has 0 radical (unpaired) electrons. The molecule has 1 aromatic heterocycles.